The first-order chi connectivity index (χ1) is 22.3. The summed E-state index contributed by atoms with van der Waals surface area (Å²) < 4.78 is 0.227. The van der Waals surface area contributed by atoms with Crippen molar-refractivity contribution in [3.63, 3.8) is 0 Å². The highest BCUT2D eigenvalue weighted by molar-refractivity contribution is 8.26. The van der Waals surface area contributed by atoms with Crippen LogP contribution in [0, 0.1) is 0 Å². The van der Waals surface area contributed by atoms with Crippen LogP contribution in [-0.2, 0) is 9.59 Å². The summed E-state index contributed by atoms with van der Waals surface area (Å²) in [6, 6.07) is 36.0. The zero-order valence-corrected chi connectivity index (χ0v) is 26.6. The number of hydrogen-bond acceptors (Lipinski definition) is 9. The Bertz CT molecular complexity index is 1890. The Hall–Kier alpha value is -5.39. The maximum atomic E-state index is 12.7. The van der Waals surface area contributed by atoms with Gasteiger partial charge in [0.2, 0.25) is 5.95 Å². The SMILES string of the molecule is CN(C)c1nc(-c2ccc(/C=C3/SC(=S)N(CC(=O)O)C3=O)cc2)nc(-c2ccc(N(c3ccccc3)c3ccccc3)cc2)n1. The molecule has 0 saturated carbocycles. The van der Waals surface area contributed by atoms with E-state index in [4.69, 9.17) is 27.3 Å². The van der Waals surface area contributed by atoms with Gasteiger partial charge in [-0.15, -0.1) is 0 Å². The second-order valence-electron chi connectivity index (χ2n) is 10.5. The minimum Gasteiger partial charge on any atom is -0.480 e. The molecule has 0 unspecified atom stereocenters. The molecule has 11 heteroatoms. The lowest BCUT2D eigenvalue weighted by atomic mass is 10.1. The number of aromatic nitrogens is 3. The molecule has 1 amide bonds. The van der Waals surface area contributed by atoms with Gasteiger partial charge >= 0.3 is 5.97 Å². The Morgan fingerprint density at radius 1 is 0.783 bits per heavy atom. The Morgan fingerprint density at radius 3 is 1.78 bits per heavy atom. The number of amides is 1. The molecule has 0 spiro atoms. The van der Waals surface area contributed by atoms with Gasteiger partial charge in [-0.05, 0) is 60.2 Å². The number of hydrogen-bond donors (Lipinski definition) is 1. The molecular weight excluding hydrogens is 617 g/mol. The lowest BCUT2D eigenvalue weighted by Gasteiger charge is -2.25. The van der Waals surface area contributed by atoms with E-state index in [-0.39, 0.29) is 4.32 Å². The minimum atomic E-state index is -1.12. The van der Waals surface area contributed by atoms with E-state index in [1.807, 2.05) is 91.8 Å². The van der Waals surface area contributed by atoms with Crippen LogP contribution in [0.1, 0.15) is 5.56 Å². The smallest absolute Gasteiger partial charge is 0.323 e. The molecule has 1 aromatic heterocycles. The molecule has 2 heterocycles. The van der Waals surface area contributed by atoms with Gasteiger partial charge in [0.15, 0.2) is 11.6 Å². The highest BCUT2D eigenvalue weighted by Crippen LogP contribution is 2.36. The quantitative estimate of drug-likeness (QED) is 0.133. The second-order valence-corrected chi connectivity index (χ2v) is 12.2. The fraction of sp³-hybridized carbons (Fsp3) is 0.0857. The highest BCUT2D eigenvalue weighted by Gasteiger charge is 2.33. The molecule has 4 aromatic carbocycles. The molecule has 1 aliphatic rings. The number of nitrogens with zero attached hydrogens (tertiary/aromatic N) is 6. The molecule has 1 fully saturated rings. The molecular formula is C35H28N6O3S2. The van der Waals surface area contributed by atoms with Crippen LogP contribution in [0.15, 0.2) is 114 Å². The average molecular weight is 645 g/mol. The van der Waals surface area contributed by atoms with Gasteiger partial charge in [-0.1, -0.05) is 84.6 Å². The number of thiocarbonyl (C=S) groups is 1. The monoisotopic (exact) mass is 644 g/mol. The van der Waals surface area contributed by atoms with E-state index in [0.717, 1.165) is 50.4 Å². The van der Waals surface area contributed by atoms with E-state index in [0.29, 0.717) is 22.5 Å². The van der Waals surface area contributed by atoms with Crippen molar-refractivity contribution >= 4 is 69.3 Å². The molecule has 1 N–H and O–H groups in total. The Balaban J connectivity index is 1.29. The van der Waals surface area contributed by atoms with Crippen molar-refractivity contribution in [3.8, 4) is 22.8 Å². The summed E-state index contributed by atoms with van der Waals surface area (Å²) >= 11 is 6.29. The second kappa shape index (κ2) is 13.3. The standard InChI is InChI=1S/C35H28N6O3S2/c1-39(2)34-37-31(24-15-13-23(14-16-24)21-29-33(44)40(22-30(42)43)35(45)46-29)36-32(38-34)25-17-19-28(20-18-25)41(26-9-5-3-6-10-26)27-11-7-4-8-12-27/h3-21H,22H2,1-2H3,(H,42,43)/b29-21+. The number of para-hydroxylation sites is 2. The van der Waals surface area contributed by atoms with E-state index >= 15 is 0 Å². The van der Waals surface area contributed by atoms with Crippen molar-refractivity contribution in [1.82, 2.24) is 19.9 Å². The minimum absolute atomic E-state index is 0.227. The molecule has 0 radical (unpaired) electrons. The first kappa shape index (κ1) is 30.6. The van der Waals surface area contributed by atoms with Crippen molar-refractivity contribution in [2.24, 2.45) is 0 Å². The molecule has 0 bridgehead atoms. The maximum absolute atomic E-state index is 12.7. The van der Waals surface area contributed by atoms with Crippen molar-refractivity contribution in [3.05, 3.63) is 120 Å². The van der Waals surface area contributed by atoms with Crippen LogP contribution < -0.4 is 9.80 Å². The van der Waals surface area contributed by atoms with Crippen molar-refractivity contribution in [2.75, 3.05) is 30.4 Å². The third kappa shape index (κ3) is 6.65. The van der Waals surface area contributed by atoms with Crippen LogP contribution in [0.5, 0.6) is 0 Å². The highest BCUT2D eigenvalue weighted by atomic mass is 32.2. The first-order valence-corrected chi connectivity index (χ1v) is 15.5. The zero-order valence-electron chi connectivity index (χ0n) is 24.9. The van der Waals surface area contributed by atoms with E-state index in [1.165, 1.54) is 0 Å². The van der Waals surface area contributed by atoms with Crippen molar-refractivity contribution in [2.45, 2.75) is 0 Å². The number of carboxylic acid groups (broad SMARTS) is 1. The van der Waals surface area contributed by atoms with Crippen LogP contribution in [0.4, 0.5) is 23.0 Å². The van der Waals surface area contributed by atoms with Crippen LogP contribution in [0.3, 0.4) is 0 Å². The van der Waals surface area contributed by atoms with E-state index in [1.54, 1.807) is 6.08 Å². The first-order valence-electron chi connectivity index (χ1n) is 14.3. The number of anilines is 4. The lowest BCUT2D eigenvalue weighted by molar-refractivity contribution is -0.140. The molecule has 0 aliphatic carbocycles. The number of carbonyl (C=O) groups is 2. The van der Waals surface area contributed by atoms with Gasteiger partial charge in [-0.3, -0.25) is 14.5 Å². The molecule has 1 saturated heterocycles. The Labute approximate surface area is 275 Å². The number of aliphatic carboxylic acids is 1. The van der Waals surface area contributed by atoms with Crippen LogP contribution in [0.25, 0.3) is 28.9 Å². The Morgan fingerprint density at radius 2 is 1.28 bits per heavy atom. The van der Waals surface area contributed by atoms with E-state index in [9.17, 15) is 9.59 Å². The summed E-state index contributed by atoms with van der Waals surface area (Å²) in [6.07, 6.45) is 1.70. The normalized spacial score (nSPS) is 13.7. The van der Waals surface area contributed by atoms with Gasteiger partial charge in [0.1, 0.15) is 10.9 Å². The van der Waals surface area contributed by atoms with Gasteiger partial charge in [-0.25, -0.2) is 4.98 Å². The summed E-state index contributed by atoms with van der Waals surface area (Å²) in [5.74, 6) is 0.0315. The molecule has 9 nitrogen and oxygen atoms in total. The molecule has 5 aromatic rings. The number of rotatable bonds is 9. The largest absolute Gasteiger partial charge is 0.480 e. The molecule has 6 rings (SSSR count). The predicted octanol–water partition coefficient (Wildman–Crippen LogP) is 7.03. The third-order valence-electron chi connectivity index (χ3n) is 7.07. The average Bonchev–Trinajstić information content (AvgIpc) is 3.33. The van der Waals surface area contributed by atoms with Gasteiger partial charge in [0, 0.05) is 42.3 Å². The van der Waals surface area contributed by atoms with Gasteiger partial charge < -0.3 is 14.9 Å². The molecule has 1 aliphatic heterocycles. The van der Waals surface area contributed by atoms with Crippen LogP contribution in [0.2, 0.25) is 0 Å². The van der Waals surface area contributed by atoms with Crippen molar-refractivity contribution in [1.29, 1.82) is 0 Å². The van der Waals surface area contributed by atoms with E-state index < -0.39 is 18.4 Å². The third-order valence-corrected chi connectivity index (χ3v) is 8.45. The number of carboxylic acids is 1. The number of carbonyl (C=O) groups excluding carboxylic acids is 1. The van der Waals surface area contributed by atoms with E-state index in [2.05, 4.69) is 46.3 Å². The van der Waals surface area contributed by atoms with Crippen LogP contribution >= 0.6 is 24.0 Å². The fourth-order valence-electron chi connectivity index (χ4n) is 4.84. The lowest BCUT2D eigenvalue weighted by Crippen LogP contribution is -2.33. The van der Waals surface area contributed by atoms with Crippen LogP contribution in [-0.4, -0.2) is 61.8 Å². The number of benzene rings is 4. The predicted molar refractivity (Wildman–Crippen MR) is 187 cm³/mol. The van der Waals surface area contributed by atoms with Gasteiger partial charge in [0.05, 0.1) is 4.91 Å². The Kier molecular flexibility index (Phi) is 8.86. The summed E-state index contributed by atoms with van der Waals surface area (Å²) in [5.41, 5.74) is 5.48. The fourth-order valence-corrected chi connectivity index (χ4v) is 6.09. The van der Waals surface area contributed by atoms with Gasteiger partial charge in [0.25, 0.3) is 5.91 Å². The van der Waals surface area contributed by atoms with Crippen molar-refractivity contribution < 1.29 is 14.7 Å². The summed E-state index contributed by atoms with van der Waals surface area (Å²) in [5, 5.41) is 9.09. The summed E-state index contributed by atoms with van der Waals surface area (Å²) in [4.78, 5) is 43.5. The topological polar surface area (TPSA) is 103 Å². The number of thioether (sulfide) groups is 1. The molecule has 0 atom stereocenters. The summed E-state index contributed by atoms with van der Waals surface area (Å²) in [6.45, 7) is -0.460. The maximum Gasteiger partial charge on any atom is 0.323 e. The molecule has 46 heavy (non-hydrogen) atoms. The zero-order chi connectivity index (χ0) is 32.2. The summed E-state index contributed by atoms with van der Waals surface area (Å²) in [7, 11) is 3.76. The van der Waals surface area contributed by atoms with Gasteiger partial charge in [-0.2, -0.15) is 9.97 Å². The molecule has 228 valence electrons.